The van der Waals surface area contributed by atoms with Crippen LogP contribution in [0.15, 0.2) is 0 Å². The van der Waals surface area contributed by atoms with Crippen LogP contribution in [0.25, 0.3) is 0 Å². The predicted octanol–water partition coefficient (Wildman–Crippen LogP) is 0.944. The zero-order chi connectivity index (χ0) is 15.4. The number of ether oxygens (including phenoxy) is 1. The van der Waals surface area contributed by atoms with E-state index in [0.29, 0.717) is 13.2 Å². The van der Waals surface area contributed by atoms with Crippen molar-refractivity contribution in [2.24, 2.45) is 0 Å². The fraction of sp³-hybridized carbons (Fsp3) is 0.933. The maximum Gasteiger partial charge on any atom is 0.327 e. The van der Waals surface area contributed by atoms with Gasteiger partial charge in [-0.3, -0.25) is 4.79 Å². The summed E-state index contributed by atoms with van der Waals surface area (Å²) in [6.07, 6.45) is 3.77. The van der Waals surface area contributed by atoms with Gasteiger partial charge in [-0.1, -0.05) is 0 Å². The summed E-state index contributed by atoms with van der Waals surface area (Å²) in [7, 11) is 8.19. The zero-order valence-corrected chi connectivity index (χ0v) is 14.0. The molecule has 118 valence electrons. The number of carbonyl (C=O) groups excluding carboxylic acids is 1. The third-order valence-corrected chi connectivity index (χ3v) is 4.66. The summed E-state index contributed by atoms with van der Waals surface area (Å²) in [6.45, 7) is 5.80. The van der Waals surface area contributed by atoms with Crippen molar-refractivity contribution in [3.63, 3.8) is 0 Å². The van der Waals surface area contributed by atoms with Crippen LogP contribution in [-0.4, -0.2) is 74.7 Å². The monoisotopic (exact) mass is 285 g/mol. The lowest BCUT2D eigenvalue weighted by Crippen LogP contribution is -2.61. The lowest BCUT2D eigenvalue weighted by molar-refractivity contribution is -0.151. The molecule has 1 fully saturated rings. The van der Waals surface area contributed by atoms with Crippen LogP contribution in [0.5, 0.6) is 0 Å². The largest absolute Gasteiger partial charge is 0.465 e. The molecule has 0 amide bonds. The van der Waals surface area contributed by atoms with Crippen LogP contribution in [0, 0.1) is 0 Å². The van der Waals surface area contributed by atoms with E-state index in [9.17, 15) is 4.79 Å². The minimum atomic E-state index is -0.651. The van der Waals surface area contributed by atoms with Crippen LogP contribution in [-0.2, 0) is 9.53 Å². The summed E-state index contributed by atoms with van der Waals surface area (Å²) < 4.78 is 5.18. The molecule has 0 aromatic heterocycles. The molecule has 1 rings (SSSR count). The molecule has 0 aromatic rings. The smallest absolute Gasteiger partial charge is 0.327 e. The van der Waals surface area contributed by atoms with Crippen molar-refractivity contribution in [2.75, 3.05) is 47.9 Å². The molecule has 20 heavy (non-hydrogen) atoms. The van der Waals surface area contributed by atoms with Gasteiger partial charge in [0.1, 0.15) is 5.54 Å². The molecule has 5 heteroatoms. The highest BCUT2D eigenvalue weighted by atomic mass is 16.5. The number of hydrogen-bond donors (Lipinski definition) is 1. The van der Waals surface area contributed by atoms with Crippen molar-refractivity contribution in [2.45, 2.75) is 44.2 Å². The van der Waals surface area contributed by atoms with Crippen molar-refractivity contribution in [1.29, 1.82) is 0 Å². The lowest BCUT2D eigenvalue weighted by Gasteiger charge is -2.50. The number of hydrogen-bond acceptors (Lipinski definition) is 5. The van der Waals surface area contributed by atoms with Gasteiger partial charge in [-0.05, 0) is 61.3 Å². The van der Waals surface area contributed by atoms with Gasteiger partial charge in [0.2, 0.25) is 0 Å². The van der Waals surface area contributed by atoms with Crippen molar-refractivity contribution in [1.82, 2.24) is 15.1 Å². The minimum absolute atomic E-state index is 0.179. The standard InChI is InChI=1S/C15H31N3O2/c1-7-20-13(19)14(2,16-3)11-18(6)12-15(17(4)5)9-8-10-15/h16H,7-12H2,1-6H3. The third-order valence-electron chi connectivity index (χ3n) is 4.66. The summed E-state index contributed by atoms with van der Waals surface area (Å²) in [5.74, 6) is -0.179. The van der Waals surface area contributed by atoms with Gasteiger partial charge in [-0.15, -0.1) is 0 Å². The Labute approximate surface area is 123 Å². The normalized spacial score (nSPS) is 20.6. The molecule has 5 nitrogen and oxygen atoms in total. The Morgan fingerprint density at radius 2 is 1.95 bits per heavy atom. The number of nitrogens with one attached hydrogen (secondary N) is 1. The van der Waals surface area contributed by atoms with Gasteiger partial charge in [-0.2, -0.15) is 0 Å². The molecule has 1 aliphatic carbocycles. The molecular weight excluding hydrogens is 254 g/mol. The maximum absolute atomic E-state index is 12.1. The molecule has 0 aromatic carbocycles. The van der Waals surface area contributed by atoms with E-state index in [1.807, 2.05) is 20.9 Å². The number of carbonyl (C=O) groups is 1. The van der Waals surface area contributed by atoms with Crippen LogP contribution >= 0.6 is 0 Å². The number of likely N-dealkylation sites (N-methyl/N-ethyl adjacent to an activating group) is 3. The van der Waals surface area contributed by atoms with Gasteiger partial charge < -0.3 is 19.9 Å². The van der Waals surface area contributed by atoms with Crippen molar-refractivity contribution >= 4 is 5.97 Å². The molecule has 1 saturated carbocycles. The molecule has 0 saturated heterocycles. The molecule has 0 bridgehead atoms. The highest BCUT2D eigenvalue weighted by Gasteiger charge is 2.42. The fourth-order valence-corrected chi connectivity index (χ4v) is 2.97. The molecule has 1 N–H and O–H groups in total. The van der Waals surface area contributed by atoms with E-state index < -0.39 is 5.54 Å². The molecule has 0 heterocycles. The topological polar surface area (TPSA) is 44.8 Å². The Morgan fingerprint density at radius 1 is 1.35 bits per heavy atom. The summed E-state index contributed by atoms with van der Waals surface area (Å²) in [5, 5.41) is 3.12. The van der Waals surface area contributed by atoms with Crippen LogP contribution in [0.1, 0.15) is 33.1 Å². The summed E-state index contributed by atoms with van der Waals surface area (Å²) in [5.41, 5.74) is -0.375. The molecule has 0 aliphatic heterocycles. The third kappa shape index (κ3) is 3.71. The van der Waals surface area contributed by atoms with Crippen LogP contribution in [0.3, 0.4) is 0 Å². The molecule has 1 aliphatic rings. The molecule has 0 radical (unpaired) electrons. The minimum Gasteiger partial charge on any atom is -0.465 e. The fourth-order valence-electron chi connectivity index (χ4n) is 2.97. The van der Waals surface area contributed by atoms with E-state index >= 15 is 0 Å². The number of rotatable bonds is 8. The SMILES string of the molecule is CCOC(=O)C(C)(CN(C)CC1(N(C)C)CCC1)NC. The Morgan fingerprint density at radius 3 is 2.30 bits per heavy atom. The molecule has 1 unspecified atom stereocenters. The zero-order valence-electron chi connectivity index (χ0n) is 14.0. The van der Waals surface area contributed by atoms with Crippen molar-refractivity contribution < 1.29 is 9.53 Å². The van der Waals surface area contributed by atoms with Gasteiger partial charge in [-0.25, -0.2) is 0 Å². The van der Waals surface area contributed by atoms with Crippen molar-refractivity contribution in [3.05, 3.63) is 0 Å². The average molecular weight is 285 g/mol. The molecular formula is C15H31N3O2. The van der Waals surface area contributed by atoms with Gasteiger partial charge in [0.25, 0.3) is 0 Å². The van der Waals surface area contributed by atoms with E-state index in [0.717, 1.165) is 6.54 Å². The second kappa shape index (κ2) is 6.87. The first-order valence-corrected chi connectivity index (χ1v) is 7.52. The van der Waals surface area contributed by atoms with Gasteiger partial charge in [0, 0.05) is 18.6 Å². The van der Waals surface area contributed by atoms with Crippen LogP contribution < -0.4 is 5.32 Å². The first-order valence-electron chi connectivity index (χ1n) is 7.52. The van der Waals surface area contributed by atoms with Gasteiger partial charge >= 0.3 is 5.97 Å². The lowest BCUT2D eigenvalue weighted by atomic mass is 9.75. The van der Waals surface area contributed by atoms with E-state index in [1.54, 1.807) is 0 Å². The number of nitrogens with zero attached hydrogens (tertiary/aromatic N) is 2. The Hall–Kier alpha value is -0.650. The Balaban J connectivity index is 2.63. The van der Waals surface area contributed by atoms with Crippen LogP contribution in [0.4, 0.5) is 0 Å². The summed E-state index contributed by atoms with van der Waals surface area (Å²) in [4.78, 5) is 16.7. The van der Waals surface area contributed by atoms with E-state index in [4.69, 9.17) is 4.74 Å². The quantitative estimate of drug-likeness (QED) is 0.673. The van der Waals surface area contributed by atoms with Gasteiger partial charge in [0.05, 0.1) is 6.61 Å². The second-order valence-electron chi connectivity index (χ2n) is 6.45. The summed E-state index contributed by atoms with van der Waals surface area (Å²) in [6, 6.07) is 0. The van der Waals surface area contributed by atoms with E-state index in [2.05, 4.69) is 36.3 Å². The molecule has 0 spiro atoms. The maximum atomic E-state index is 12.1. The van der Waals surface area contributed by atoms with Crippen LogP contribution in [0.2, 0.25) is 0 Å². The predicted molar refractivity (Wildman–Crippen MR) is 81.9 cm³/mol. The Bertz CT molecular complexity index is 329. The average Bonchev–Trinajstić information content (AvgIpc) is 2.33. The highest BCUT2D eigenvalue weighted by molar-refractivity contribution is 5.80. The second-order valence-corrected chi connectivity index (χ2v) is 6.45. The first kappa shape index (κ1) is 17.4. The highest BCUT2D eigenvalue weighted by Crippen LogP contribution is 2.36. The first-order chi connectivity index (χ1) is 9.29. The molecule has 1 atom stereocenters. The van der Waals surface area contributed by atoms with E-state index in [-0.39, 0.29) is 11.5 Å². The van der Waals surface area contributed by atoms with Crippen molar-refractivity contribution in [3.8, 4) is 0 Å². The Kier molecular flexibility index (Phi) is 5.98. The van der Waals surface area contributed by atoms with Gasteiger partial charge in [0.15, 0.2) is 0 Å². The van der Waals surface area contributed by atoms with E-state index in [1.165, 1.54) is 19.3 Å². The summed E-state index contributed by atoms with van der Waals surface area (Å²) >= 11 is 0. The number of esters is 1.